The molecule has 0 atom stereocenters. The molecule has 1 fully saturated rings. The third kappa shape index (κ3) is 4.45. The lowest BCUT2D eigenvalue weighted by atomic mass is 9.88. The fraction of sp³-hybridized carbons (Fsp3) is 0.562. The number of nitrogens with zero attached hydrogens (tertiary/aromatic N) is 3. The largest absolute Gasteiger partial charge is 0.492 e. The van der Waals surface area contributed by atoms with Gasteiger partial charge >= 0.3 is 5.69 Å². The molecule has 0 bridgehead atoms. The predicted molar refractivity (Wildman–Crippen MR) is 80.9 cm³/mol. The van der Waals surface area contributed by atoms with Crippen LogP contribution in [0, 0.1) is 11.3 Å². The first kappa shape index (κ1) is 15.3. The number of diazo groups is 1. The topological polar surface area (TPSA) is 57.7 Å². The Bertz CT molecular complexity index is 501. The maximum atomic E-state index is 12.3. The molecule has 0 heterocycles. The molecule has 0 aromatic heterocycles. The molecule has 0 saturated heterocycles. The number of hydrogen-bond acceptors (Lipinski definition) is 3. The summed E-state index contributed by atoms with van der Waals surface area (Å²) < 4.78 is 5.60. The number of ether oxygens (including phenoxy) is 1. The van der Waals surface area contributed by atoms with E-state index in [1.54, 1.807) is 29.2 Å². The Hall–Kier alpha value is -2.09. The molecule has 0 radical (unpaired) electrons. The predicted octanol–water partition coefficient (Wildman–Crippen LogP) is 3.59. The van der Waals surface area contributed by atoms with Crippen molar-refractivity contribution in [2.24, 2.45) is 5.92 Å². The third-order valence-electron chi connectivity index (χ3n) is 3.98. The number of amides is 1. The Balaban J connectivity index is 1.74. The van der Waals surface area contributed by atoms with Gasteiger partial charge in [0, 0.05) is 25.1 Å². The van der Waals surface area contributed by atoms with Crippen molar-refractivity contribution in [3.05, 3.63) is 29.2 Å². The molecule has 1 aliphatic carbocycles. The Kier molecular flexibility index (Phi) is 5.56. The van der Waals surface area contributed by atoms with Crippen molar-refractivity contribution in [2.75, 3.05) is 20.2 Å². The number of carbonyl (C=O) groups is 1. The van der Waals surface area contributed by atoms with Gasteiger partial charge in [-0.1, -0.05) is 19.3 Å². The Morgan fingerprint density at radius 1 is 1.29 bits per heavy atom. The normalized spacial score (nSPS) is 15.2. The highest BCUT2D eigenvalue weighted by atomic mass is 16.5. The van der Waals surface area contributed by atoms with Gasteiger partial charge in [0.2, 0.25) is 11.3 Å². The van der Waals surface area contributed by atoms with E-state index >= 15 is 0 Å². The Morgan fingerprint density at radius 2 is 1.95 bits per heavy atom. The molecule has 112 valence electrons. The van der Waals surface area contributed by atoms with Crippen molar-refractivity contribution in [1.82, 2.24) is 4.90 Å². The maximum absolute atomic E-state index is 12.3. The van der Waals surface area contributed by atoms with Gasteiger partial charge < -0.3 is 9.64 Å². The van der Waals surface area contributed by atoms with Gasteiger partial charge in [-0.15, -0.1) is 0 Å². The highest BCUT2D eigenvalue weighted by Crippen LogP contribution is 2.25. The van der Waals surface area contributed by atoms with Crippen LogP contribution in [0.25, 0.3) is 4.98 Å². The highest BCUT2D eigenvalue weighted by molar-refractivity contribution is 5.78. The summed E-state index contributed by atoms with van der Waals surface area (Å²) in [6, 6.07) is 6.84. The first-order valence-corrected chi connectivity index (χ1v) is 7.53. The van der Waals surface area contributed by atoms with Gasteiger partial charge in [0.05, 0.1) is 6.54 Å². The summed E-state index contributed by atoms with van der Waals surface area (Å²) in [5, 5.41) is 8.60. The van der Waals surface area contributed by atoms with E-state index < -0.39 is 0 Å². The summed E-state index contributed by atoms with van der Waals surface area (Å²) in [5.41, 5.74) is 0.493. The molecular formula is C16H22N3O2+. The molecule has 5 heteroatoms. The molecule has 0 spiro atoms. The minimum atomic E-state index is 0.203. The van der Waals surface area contributed by atoms with Gasteiger partial charge in [-0.3, -0.25) is 4.79 Å². The molecule has 1 amide bonds. The lowest BCUT2D eigenvalue weighted by Gasteiger charge is -2.26. The highest BCUT2D eigenvalue weighted by Gasteiger charge is 2.23. The Morgan fingerprint density at radius 3 is 2.57 bits per heavy atom. The second-order valence-electron chi connectivity index (χ2n) is 5.54. The van der Waals surface area contributed by atoms with Crippen molar-refractivity contribution in [3.63, 3.8) is 0 Å². The van der Waals surface area contributed by atoms with Crippen LogP contribution in [-0.2, 0) is 4.79 Å². The average Bonchev–Trinajstić information content (AvgIpc) is 2.55. The van der Waals surface area contributed by atoms with Crippen LogP contribution < -0.4 is 4.74 Å². The van der Waals surface area contributed by atoms with Gasteiger partial charge in [0.15, 0.2) is 4.98 Å². The van der Waals surface area contributed by atoms with Crippen LogP contribution in [0.1, 0.15) is 32.1 Å². The summed E-state index contributed by atoms with van der Waals surface area (Å²) in [4.78, 5) is 17.1. The van der Waals surface area contributed by atoms with Gasteiger partial charge in [-0.05, 0) is 25.0 Å². The van der Waals surface area contributed by atoms with Crippen molar-refractivity contribution < 1.29 is 9.53 Å². The molecule has 1 aliphatic rings. The van der Waals surface area contributed by atoms with E-state index in [9.17, 15) is 4.79 Å². The summed E-state index contributed by atoms with van der Waals surface area (Å²) in [6.07, 6.45) is 5.64. The molecule has 21 heavy (non-hydrogen) atoms. The molecule has 2 rings (SSSR count). The minimum Gasteiger partial charge on any atom is -0.492 e. The number of hydrogen-bond donors (Lipinski definition) is 0. The summed E-state index contributed by atoms with van der Waals surface area (Å²) in [7, 11) is 1.84. The smallest absolute Gasteiger partial charge is 0.385 e. The average molecular weight is 288 g/mol. The van der Waals surface area contributed by atoms with E-state index in [1.807, 2.05) is 7.05 Å². The van der Waals surface area contributed by atoms with Crippen LogP contribution in [0.4, 0.5) is 5.69 Å². The standard InChI is InChI=1S/C16H22N3O2/c1-19(16(20)13-5-3-2-4-6-13)11-12-21-15-9-7-14(18-17)8-10-15/h7-10,13H,2-6,11-12H2,1H3/q+1. The maximum Gasteiger partial charge on any atom is 0.385 e. The fourth-order valence-corrected chi connectivity index (χ4v) is 2.68. The zero-order valence-corrected chi connectivity index (χ0v) is 12.5. The Labute approximate surface area is 125 Å². The van der Waals surface area contributed by atoms with E-state index in [0.717, 1.165) is 12.8 Å². The van der Waals surface area contributed by atoms with E-state index in [0.29, 0.717) is 24.6 Å². The van der Waals surface area contributed by atoms with Crippen LogP contribution in [0.2, 0.25) is 0 Å². The van der Waals surface area contributed by atoms with E-state index in [2.05, 4.69) is 4.98 Å². The van der Waals surface area contributed by atoms with Crippen LogP contribution >= 0.6 is 0 Å². The van der Waals surface area contributed by atoms with Crippen LogP contribution in [0.5, 0.6) is 5.75 Å². The molecular weight excluding hydrogens is 266 g/mol. The van der Waals surface area contributed by atoms with Gasteiger partial charge in [-0.25, -0.2) is 0 Å². The number of likely N-dealkylation sites (N-methyl/N-ethyl adjacent to an activating group) is 1. The second-order valence-corrected chi connectivity index (χ2v) is 5.54. The van der Waals surface area contributed by atoms with Crippen LogP contribution in [0.3, 0.4) is 0 Å². The zero-order chi connectivity index (χ0) is 15.1. The van der Waals surface area contributed by atoms with Gasteiger partial charge in [0.1, 0.15) is 12.4 Å². The first-order chi connectivity index (χ1) is 10.2. The molecule has 1 aromatic rings. The number of benzene rings is 1. The lowest BCUT2D eigenvalue weighted by molar-refractivity contribution is -0.135. The van der Waals surface area contributed by atoms with Crippen molar-refractivity contribution >= 4 is 11.6 Å². The molecule has 0 aliphatic heterocycles. The van der Waals surface area contributed by atoms with E-state index in [1.165, 1.54) is 19.3 Å². The monoisotopic (exact) mass is 288 g/mol. The summed E-state index contributed by atoms with van der Waals surface area (Å²) in [5.74, 6) is 1.16. The fourth-order valence-electron chi connectivity index (χ4n) is 2.68. The second kappa shape index (κ2) is 7.63. The number of rotatable bonds is 5. The van der Waals surface area contributed by atoms with Crippen LogP contribution in [-0.4, -0.2) is 31.0 Å². The lowest BCUT2D eigenvalue weighted by Crippen LogP contribution is -2.36. The van der Waals surface area contributed by atoms with Gasteiger partial charge in [-0.2, -0.15) is 0 Å². The first-order valence-electron chi connectivity index (χ1n) is 7.53. The quantitative estimate of drug-likeness (QED) is 0.778. The van der Waals surface area contributed by atoms with E-state index in [-0.39, 0.29) is 11.8 Å². The minimum absolute atomic E-state index is 0.203. The number of carbonyl (C=O) groups excluding carboxylic acids is 1. The van der Waals surface area contributed by atoms with Gasteiger partial charge in [0.25, 0.3) is 0 Å². The molecule has 0 unspecified atom stereocenters. The van der Waals surface area contributed by atoms with Crippen molar-refractivity contribution in [1.29, 1.82) is 5.39 Å². The van der Waals surface area contributed by atoms with Crippen LogP contribution in [0.15, 0.2) is 24.3 Å². The van der Waals surface area contributed by atoms with Crippen molar-refractivity contribution in [2.45, 2.75) is 32.1 Å². The van der Waals surface area contributed by atoms with Crippen molar-refractivity contribution in [3.8, 4) is 5.75 Å². The summed E-state index contributed by atoms with van der Waals surface area (Å²) >= 11 is 0. The van der Waals surface area contributed by atoms with E-state index in [4.69, 9.17) is 10.1 Å². The zero-order valence-electron chi connectivity index (χ0n) is 12.5. The summed E-state index contributed by atoms with van der Waals surface area (Å²) in [6.45, 7) is 1.05. The molecule has 1 saturated carbocycles. The molecule has 5 nitrogen and oxygen atoms in total. The third-order valence-corrected chi connectivity index (χ3v) is 3.98. The molecule has 0 N–H and O–H groups in total. The molecule has 1 aromatic carbocycles. The SMILES string of the molecule is CN(CCOc1ccc([N+]#N)cc1)C(=O)C1CCCCC1.